The summed E-state index contributed by atoms with van der Waals surface area (Å²) in [7, 11) is 1.57. The van der Waals surface area contributed by atoms with Gasteiger partial charge in [-0.25, -0.2) is 4.39 Å². The number of rotatable bonds is 9. The second-order valence-electron chi connectivity index (χ2n) is 9.02. The lowest BCUT2D eigenvalue weighted by Crippen LogP contribution is -2.28. The van der Waals surface area contributed by atoms with Gasteiger partial charge < -0.3 is 9.47 Å². The Bertz CT molecular complexity index is 1560. The minimum absolute atomic E-state index is 0.0962. The van der Waals surface area contributed by atoms with Crippen LogP contribution >= 0.6 is 34.4 Å². The fourth-order valence-electron chi connectivity index (χ4n) is 4.17. The lowest BCUT2D eigenvalue weighted by atomic mass is 10.1. The van der Waals surface area contributed by atoms with Crippen LogP contribution in [0.1, 0.15) is 22.3 Å². The molecule has 4 aromatic rings. The molecule has 1 saturated heterocycles. The molecule has 8 heteroatoms. The third-order valence-electron chi connectivity index (χ3n) is 6.13. The minimum Gasteiger partial charge on any atom is -0.493 e. The van der Waals surface area contributed by atoms with E-state index in [4.69, 9.17) is 14.5 Å². The second-order valence-corrected chi connectivity index (χ2v) is 11.2. The van der Waals surface area contributed by atoms with Gasteiger partial charge >= 0.3 is 0 Å². The highest BCUT2D eigenvalue weighted by molar-refractivity contribution is 14.1. The first-order valence-electron chi connectivity index (χ1n) is 12.6. The van der Waals surface area contributed by atoms with E-state index in [1.807, 2.05) is 84.9 Å². The van der Waals surface area contributed by atoms with Crippen LogP contribution in [0.15, 0.2) is 107 Å². The Labute approximate surface area is 250 Å². The zero-order valence-electron chi connectivity index (χ0n) is 21.7. The van der Waals surface area contributed by atoms with Crippen LogP contribution in [-0.4, -0.2) is 23.1 Å². The van der Waals surface area contributed by atoms with Crippen LogP contribution < -0.4 is 9.47 Å². The predicted octanol–water partition coefficient (Wildman–Crippen LogP) is 7.69. The maximum atomic E-state index is 13.6. The van der Waals surface area contributed by atoms with Crippen molar-refractivity contribution in [3.8, 4) is 11.5 Å². The number of methoxy groups -OCH3 is 1. The molecule has 1 amide bonds. The van der Waals surface area contributed by atoms with E-state index in [-0.39, 0.29) is 18.3 Å². The Kier molecular flexibility index (Phi) is 9.18. The van der Waals surface area contributed by atoms with Gasteiger partial charge in [-0.1, -0.05) is 72.8 Å². The number of carbonyl (C=O) groups is 1. The molecule has 0 unspecified atom stereocenters. The molecule has 0 saturated carbocycles. The monoisotopic (exact) mass is 664 g/mol. The maximum absolute atomic E-state index is 13.6. The summed E-state index contributed by atoms with van der Waals surface area (Å²) in [5, 5.41) is 0.667. The fourth-order valence-corrected chi connectivity index (χ4v) is 5.93. The number of amidine groups is 1. The van der Waals surface area contributed by atoms with Crippen LogP contribution in [0.2, 0.25) is 0 Å². The number of halogens is 2. The van der Waals surface area contributed by atoms with Crippen LogP contribution in [0.5, 0.6) is 11.5 Å². The van der Waals surface area contributed by atoms with E-state index in [1.165, 1.54) is 23.9 Å². The highest BCUT2D eigenvalue weighted by atomic mass is 127. The Morgan fingerprint density at radius 2 is 1.62 bits per heavy atom. The number of ether oxygens (including phenoxy) is 2. The number of aliphatic imine (C=N–C) groups is 1. The quantitative estimate of drug-likeness (QED) is 0.136. The van der Waals surface area contributed by atoms with Crippen LogP contribution in [-0.2, 0) is 24.5 Å². The summed E-state index contributed by atoms with van der Waals surface area (Å²) >= 11 is 3.56. The fraction of sp³-hybridized carbons (Fsp3) is 0.125. The number of thioether (sulfide) groups is 1. The van der Waals surface area contributed by atoms with Gasteiger partial charge in [0.2, 0.25) is 0 Å². The lowest BCUT2D eigenvalue weighted by molar-refractivity contribution is -0.122. The summed E-state index contributed by atoms with van der Waals surface area (Å²) in [6.07, 6.45) is 1.86. The molecule has 1 heterocycles. The summed E-state index contributed by atoms with van der Waals surface area (Å²) < 4.78 is 26.0. The molecule has 0 spiro atoms. The first-order valence-corrected chi connectivity index (χ1v) is 14.5. The molecule has 1 aliphatic heterocycles. The van der Waals surface area contributed by atoms with E-state index < -0.39 is 0 Å². The maximum Gasteiger partial charge on any atom is 0.267 e. The van der Waals surface area contributed by atoms with Crippen LogP contribution in [0.4, 0.5) is 4.39 Å². The van der Waals surface area contributed by atoms with Crippen molar-refractivity contribution in [1.29, 1.82) is 0 Å². The summed E-state index contributed by atoms with van der Waals surface area (Å²) in [5.74, 6) is 0.693. The van der Waals surface area contributed by atoms with Gasteiger partial charge in [-0.05, 0) is 86.9 Å². The van der Waals surface area contributed by atoms with Gasteiger partial charge in [0.15, 0.2) is 16.7 Å². The zero-order valence-corrected chi connectivity index (χ0v) is 24.7. The molecule has 0 N–H and O–H groups in total. The third-order valence-corrected chi connectivity index (χ3v) is 7.98. The van der Waals surface area contributed by atoms with Crippen molar-refractivity contribution in [2.45, 2.75) is 19.7 Å². The minimum atomic E-state index is -0.309. The van der Waals surface area contributed by atoms with Crippen LogP contribution in [0.3, 0.4) is 0 Å². The molecule has 0 radical (unpaired) electrons. The van der Waals surface area contributed by atoms with Gasteiger partial charge in [0, 0.05) is 0 Å². The zero-order chi connectivity index (χ0) is 27.9. The van der Waals surface area contributed by atoms with E-state index >= 15 is 0 Å². The van der Waals surface area contributed by atoms with Gasteiger partial charge in [-0.2, -0.15) is 0 Å². The molecule has 5 rings (SSSR count). The largest absolute Gasteiger partial charge is 0.493 e. The average molecular weight is 665 g/mol. The van der Waals surface area contributed by atoms with E-state index in [0.717, 1.165) is 25.8 Å². The number of benzene rings is 4. The number of hydrogen-bond acceptors (Lipinski definition) is 5. The molecule has 0 bridgehead atoms. The van der Waals surface area contributed by atoms with Gasteiger partial charge in [-0.3, -0.25) is 14.7 Å². The van der Waals surface area contributed by atoms with Crippen LogP contribution in [0.25, 0.3) is 6.08 Å². The average Bonchev–Trinajstić information content (AvgIpc) is 3.25. The molecular formula is C32H26FIN2O3S. The van der Waals surface area contributed by atoms with Gasteiger partial charge in [0.05, 0.1) is 28.7 Å². The Balaban J connectivity index is 1.41. The van der Waals surface area contributed by atoms with Crippen molar-refractivity contribution < 1.29 is 18.7 Å². The summed E-state index contributed by atoms with van der Waals surface area (Å²) in [6, 6.07) is 30.0. The van der Waals surface area contributed by atoms with E-state index in [2.05, 4.69) is 22.6 Å². The van der Waals surface area contributed by atoms with Crippen LogP contribution in [0, 0.1) is 9.39 Å². The molecule has 0 aliphatic carbocycles. The molecule has 0 atom stereocenters. The van der Waals surface area contributed by atoms with Gasteiger partial charge in [-0.15, -0.1) is 0 Å². The van der Waals surface area contributed by atoms with Gasteiger partial charge in [0.25, 0.3) is 5.91 Å². The molecule has 40 heavy (non-hydrogen) atoms. The van der Waals surface area contributed by atoms with E-state index in [9.17, 15) is 9.18 Å². The molecular weight excluding hydrogens is 638 g/mol. The van der Waals surface area contributed by atoms with Gasteiger partial charge in [0.1, 0.15) is 12.4 Å². The van der Waals surface area contributed by atoms with Crippen molar-refractivity contribution >= 4 is 51.5 Å². The molecule has 202 valence electrons. The van der Waals surface area contributed by atoms with Crippen molar-refractivity contribution in [3.63, 3.8) is 0 Å². The highest BCUT2D eigenvalue weighted by Gasteiger charge is 2.33. The molecule has 1 fully saturated rings. The first-order chi connectivity index (χ1) is 19.5. The Morgan fingerprint density at radius 3 is 2.33 bits per heavy atom. The smallest absolute Gasteiger partial charge is 0.267 e. The number of amides is 1. The standard InChI is InChI=1S/C32H26FIN2O3S/c1-38-28-17-25(16-27(34)30(28)39-21-24-13-8-14-26(33)15-24)18-29-31(37)36(20-23-11-6-3-7-12-23)32(40-29)35-19-22-9-4-2-5-10-22/h2-18H,19-21H2,1H3/b29-18+,35-32?. The summed E-state index contributed by atoms with van der Waals surface area (Å²) in [6.45, 7) is 1.12. The van der Waals surface area contributed by atoms with Crippen molar-refractivity contribution in [3.05, 3.63) is 134 Å². The molecule has 4 aromatic carbocycles. The Hall–Kier alpha value is -3.63. The number of nitrogens with zero attached hydrogens (tertiary/aromatic N) is 2. The SMILES string of the molecule is COc1cc(/C=C2/SC(=NCc3ccccc3)N(Cc3ccccc3)C2=O)cc(I)c1OCc1cccc(F)c1. The summed E-state index contributed by atoms with van der Waals surface area (Å²) in [4.78, 5) is 20.7. The summed E-state index contributed by atoms with van der Waals surface area (Å²) in [5.41, 5.74) is 3.63. The van der Waals surface area contributed by atoms with Crippen molar-refractivity contribution in [1.82, 2.24) is 4.90 Å². The first kappa shape index (κ1) is 27.9. The normalized spacial score (nSPS) is 15.2. The predicted molar refractivity (Wildman–Crippen MR) is 167 cm³/mol. The topological polar surface area (TPSA) is 51.1 Å². The van der Waals surface area contributed by atoms with E-state index in [1.54, 1.807) is 18.1 Å². The molecule has 0 aromatic heterocycles. The second kappa shape index (κ2) is 13.1. The number of carbonyl (C=O) groups excluding carboxylic acids is 1. The Morgan fingerprint density at radius 1 is 0.925 bits per heavy atom. The van der Waals surface area contributed by atoms with Crippen molar-refractivity contribution in [2.75, 3.05) is 7.11 Å². The molecule has 5 nitrogen and oxygen atoms in total. The van der Waals surface area contributed by atoms with Crippen molar-refractivity contribution in [2.24, 2.45) is 4.99 Å². The van der Waals surface area contributed by atoms with E-state index in [0.29, 0.717) is 34.7 Å². The number of hydrogen-bond donors (Lipinski definition) is 0. The lowest BCUT2D eigenvalue weighted by Gasteiger charge is -2.16. The molecule has 1 aliphatic rings. The third kappa shape index (κ3) is 6.92. The highest BCUT2D eigenvalue weighted by Crippen LogP contribution is 2.38.